The van der Waals surface area contributed by atoms with Gasteiger partial charge >= 0.3 is 7.12 Å². The zero-order chi connectivity index (χ0) is 18.9. The first-order chi connectivity index (χ1) is 12.2. The van der Waals surface area contributed by atoms with Gasteiger partial charge in [0.1, 0.15) is 0 Å². The van der Waals surface area contributed by atoms with Crippen molar-refractivity contribution in [2.75, 3.05) is 5.32 Å². The van der Waals surface area contributed by atoms with Crippen molar-refractivity contribution in [3.8, 4) is 0 Å². The molecule has 0 aromatic heterocycles. The minimum Gasteiger partial charge on any atom is -0.399 e. The maximum absolute atomic E-state index is 12.4. The molecule has 0 bridgehead atoms. The third-order valence-corrected chi connectivity index (χ3v) is 5.32. The summed E-state index contributed by atoms with van der Waals surface area (Å²) in [5.74, 6) is -0.115. The van der Waals surface area contributed by atoms with Gasteiger partial charge in [-0.25, -0.2) is 0 Å². The van der Waals surface area contributed by atoms with E-state index in [1.165, 1.54) is 5.56 Å². The van der Waals surface area contributed by atoms with Gasteiger partial charge in [-0.1, -0.05) is 31.2 Å². The fourth-order valence-electron chi connectivity index (χ4n) is 2.80. The molecular weight excluding hydrogens is 325 g/mol. The van der Waals surface area contributed by atoms with Crippen molar-refractivity contribution in [2.24, 2.45) is 0 Å². The molecule has 0 atom stereocenters. The molecule has 2 aromatic rings. The molecule has 1 N–H and O–H groups in total. The number of hydrogen-bond donors (Lipinski definition) is 1. The van der Waals surface area contributed by atoms with Gasteiger partial charge in [0.05, 0.1) is 11.2 Å². The molecule has 2 aromatic carbocycles. The fraction of sp³-hybridized carbons (Fsp3) is 0.381. The molecule has 0 unspecified atom stereocenters. The van der Waals surface area contributed by atoms with Gasteiger partial charge in [-0.15, -0.1) is 0 Å². The molecule has 26 heavy (non-hydrogen) atoms. The van der Waals surface area contributed by atoms with E-state index < -0.39 is 7.12 Å². The van der Waals surface area contributed by atoms with Crippen LogP contribution in [0.4, 0.5) is 5.69 Å². The van der Waals surface area contributed by atoms with Gasteiger partial charge in [-0.3, -0.25) is 4.79 Å². The third-order valence-electron chi connectivity index (χ3n) is 5.32. The zero-order valence-electron chi connectivity index (χ0n) is 16.1. The molecule has 1 heterocycles. The number of carbonyl (C=O) groups is 1. The molecule has 1 amide bonds. The summed E-state index contributed by atoms with van der Waals surface area (Å²) in [4.78, 5) is 12.4. The highest BCUT2D eigenvalue weighted by atomic mass is 16.7. The number of rotatable bonds is 4. The van der Waals surface area contributed by atoms with E-state index in [-0.39, 0.29) is 17.1 Å². The first-order valence-electron chi connectivity index (χ1n) is 9.08. The van der Waals surface area contributed by atoms with Crippen molar-refractivity contribution >= 4 is 24.2 Å². The third kappa shape index (κ3) is 3.69. The van der Waals surface area contributed by atoms with Crippen molar-refractivity contribution in [1.29, 1.82) is 0 Å². The van der Waals surface area contributed by atoms with Crippen LogP contribution in [0.1, 0.15) is 50.5 Å². The molecule has 4 nitrogen and oxygen atoms in total. The molecule has 1 aliphatic rings. The summed E-state index contributed by atoms with van der Waals surface area (Å²) in [7, 11) is -0.397. The van der Waals surface area contributed by atoms with Gasteiger partial charge in [-0.2, -0.15) is 0 Å². The van der Waals surface area contributed by atoms with Crippen molar-refractivity contribution in [3.05, 3.63) is 59.7 Å². The summed E-state index contributed by atoms with van der Waals surface area (Å²) in [5.41, 5.74) is 2.82. The largest absolute Gasteiger partial charge is 0.494 e. The average molecular weight is 351 g/mol. The van der Waals surface area contributed by atoms with Crippen LogP contribution in [0, 0.1) is 0 Å². The predicted molar refractivity (Wildman–Crippen MR) is 106 cm³/mol. The number of hydrogen-bond acceptors (Lipinski definition) is 3. The van der Waals surface area contributed by atoms with Crippen molar-refractivity contribution < 1.29 is 14.1 Å². The van der Waals surface area contributed by atoms with Gasteiger partial charge < -0.3 is 14.6 Å². The predicted octanol–water partition coefficient (Wildman–Crippen LogP) is 3.80. The van der Waals surface area contributed by atoms with Gasteiger partial charge in [-0.05, 0) is 69.4 Å². The van der Waals surface area contributed by atoms with E-state index >= 15 is 0 Å². The number of carbonyl (C=O) groups excluding carboxylic acids is 1. The zero-order valence-corrected chi connectivity index (χ0v) is 16.1. The van der Waals surface area contributed by atoms with Gasteiger partial charge in [0.25, 0.3) is 5.91 Å². The number of nitrogens with one attached hydrogen (secondary N) is 1. The van der Waals surface area contributed by atoms with Crippen LogP contribution in [0.3, 0.4) is 0 Å². The maximum Gasteiger partial charge on any atom is 0.494 e. The van der Waals surface area contributed by atoms with Crippen LogP contribution in [-0.4, -0.2) is 24.2 Å². The van der Waals surface area contributed by atoms with E-state index in [2.05, 4.69) is 12.2 Å². The lowest BCUT2D eigenvalue weighted by Gasteiger charge is -2.32. The first kappa shape index (κ1) is 18.7. The molecule has 1 aliphatic heterocycles. The molecule has 136 valence electrons. The number of anilines is 1. The Hall–Kier alpha value is -2.11. The topological polar surface area (TPSA) is 47.6 Å². The average Bonchev–Trinajstić information content (AvgIpc) is 2.83. The van der Waals surface area contributed by atoms with Crippen molar-refractivity contribution in [1.82, 2.24) is 0 Å². The van der Waals surface area contributed by atoms with Crippen LogP contribution in [0.25, 0.3) is 0 Å². The maximum atomic E-state index is 12.4. The monoisotopic (exact) mass is 351 g/mol. The Bertz CT molecular complexity index is 766. The van der Waals surface area contributed by atoms with E-state index in [0.29, 0.717) is 5.56 Å². The minimum atomic E-state index is -0.397. The Labute approximate surface area is 156 Å². The van der Waals surface area contributed by atoms with Crippen molar-refractivity contribution in [2.45, 2.75) is 52.2 Å². The Morgan fingerprint density at radius 2 is 1.46 bits per heavy atom. The summed E-state index contributed by atoms with van der Waals surface area (Å²) in [6, 6.07) is 15.3. The van der Waals surface area contributed by atoms with E-state index in [1.54, 1.807) is 0 Å². The summed E-state index contributed by atoms with van der Waals surface area (Å²) >= 11 is 0. The second-order valence-corrected chi connectivity index (χ2v) is 7.71. The summed E-state index contributed by atoms with van der Waals surface area (Å²) in [5, 5.41) is 2.93. The molecule has 0 saturated carbocycles. The Morgan fingerprint density at radius 3 is 1.96 bits per heavy atom. The van der Waals surface area contributed by atoms with Gasteiger partial charge in [0.15, 0.2) is 0 Å². The Kier molecular flexibility index (Phi) is 4.95. The van der Waals surface area contributed by atoms with E-state index in [1.807, 2.05) is 76.2 Å². The summed E-state index contributed by atoms with van der Waals surface area (Å²) in [6.45, 7) is 10.2. The van der Waals surface area contributed by atoms with E-state index in [0.717, 1.165) is 17.6 Å². The van der Waals surface area contributed by atoms with Crippen LogP contribution in [0.5, 0.6) is 0 Å². The Morgan fingerprint density at radius 1 is 0.923 bits per heavy atom. The Balaban J connectivity index is 1.67. The number of amides is 1. The van der Waals surface area contributed by atoms with E-state index in [9.17, 15) is 4.79 Å². The SMILES string of the molecule is CCc1ccc(C(=O)Nc2ccc(B3OC(C)(C)C(C)(C)O3)cc2)cc1. The molecular formula is C21H26BNO3. The van der Waals surface area contributed by atoms with Crippen LogP contribution in [-0.2, 0) is 15.7 Å². The highest BCUT2D eigenvalue weighted by Crippen LogP contribution is 2.36. The van der Waals surface area contributed by atoms with E-state index in [4.69, 9.17) is 9.31 Å². The normalized spacial score (nSPS) is 18.0. The molecule has 0 radical (unpaired) electrons. The lowest BCUT2D eigenvalue weighted by atomic mass is 9.79. The fourth-order valence-corrected chi connectivity index (χ4v) is 2.80. The van der Waals surface area contributed by atoms with Gasteiger partial charge in [0, 0.05) is 11.3 Å². The lowest BCUT2D eigenvalue weighted by Crippen LogP contribution is -2.41. The molecule has 0 spiro atoms. The quantitative estimate of drug-likeness (QED) is 0.853. The molecule has 1 saturated heterocycles. The standard InChI is InChI=1S/C21H26BNO3/c1-6-15-7-9-16(10-8-15)19(24)23-18-13-11-17(12-14-18)22-25-20(2,3)21(4,5)26-22/h7-14H,6H2,1-5H3,(H,23,24). The van der Waals surface area contributed by atoms with Crippen LogP contribution >= 0.6 is 0 Å². The van der Waals surface area contributed by atoms with Crippen LogP contribution < -0.4 is 10.8 Å². The smallest absolute Gasteiger partial charge is 0.399 e. The number of aryl methyl sites for hydroxylation is 1. The highest BCUT2D eigenvalue weighted by Gasteiger charge is 2.51. The minimum absolute atomic E-state index is 0.115. The summed E-state index contributed by atoms with van der Waals surface area (Å²) in [6.07, 6.45) is 0.961. The van der Waals surface area contributed by atoms with Gasteiger partial charge in [0.2, 0.25) is 0 Å². The second kappa shape index (κ2) is 6.90. The lowest BCUT2D eigenvalue weighted by molar-refractivity contribution is 0.00578. The van der Waals surface area contributed by atoms with Crippen LogP contribution in [0.15, 0.2) is 48.5 Å². The van der Waals surface area contributed by atoms with Crippen molar-refractivity contribution in [3.63, 3.8) is 0 Å². The molecule has 1 fully saturated rings. The number of benzene rings is 2. The first-order valence-corrected chi connectivity index (χ1v) is 9.08. The molecule has 5 heteroatoms. The van der Waals surface area contributed by atoms with Crippen LogP contribution in [0.2, 0.25) is 0 Å². The second-order valence-electron chi connectivity index (χ2n) is 7.71. The summed E-state index contributed by atoms with van der Waals surface area (Å²) < 4.78 is 12.1. The highest BCUT2D eigenvalue weighted by molar-refractivity contribution is 6.62. The molecule has 0 aliphatic carbocycles. The molecule has 3 rings (SSSR count).